The third-order valence-electron chi connectivity index (χ3n) is 4.88. The Morgan fingerprint density at radius 1 is 1.29 bits per heavy atom. The quantitative estimate of drug-likeness (QED) is 0.842. The number of carbonyl (C=O) groups excluding carboxylic acids is 1. The summed E-state index contributed by atoms with van der Waals surface area (Å²) in [6.07, 6.45) is 1.25. The maximum atomic E-state index is 12.0. The summed E-state index contributed by atoms with van der Waals surface area (Å²) in [7, 11) is 1.39. The first-order valence-corrected chi connectivity index (χ1v) is 8.14. The normalized spacial score (nSPS) is 17.8. The van der Waals surface area contributed by atoms with E-state index in [9.17, 15) is 14.7 Å². The van der Waals surface area contributed by atoms with Crippen molar-refractivity contribution in [2.45, 2.75) is 25.8 Å². The minimum Gasteiger partial charge on any atom is -0.480 e. The van der Waals surface area contributed by atoms with Crippen molar-refractivity contribution < 1.29 is 19.4 Å². The number of ether oxygens (including phenoxy) is 1. The van der Waals surface area contributed by atoms with E-state index in [4.69, 9.17) is 4.74 Å². The van der Waals surface area contributed by atoms with E-state index in [1.54, 1.807) is 0 Å². The Kier molecular flexibility index (Phi) is 4.57. The molecule has 0 bridgehead atoms. The minimum absolute atomic E-state index is 0.134. The summed E-state index contributed by atoms with van der Waals surface area (Å²) in [5.74, 6) is -1.20. The van der Waals surface area contributed by atoms with Gasteiger partial charge < -0.3 is 14.8 Å². The Labute approximate surface area is 140 Å². The van der Waals surface area contributed by atoms with Crippen LogP contribution in [-0.2, 0) is 14.3 Å². The van der Waals surface area contributed by atoms with Crippen molar-refractivity contribution >= 4 is 22.8 Å². The Hall–Kier alpha value is -2.34. The molecular formula is C18H22N2O4. The number of nitrogens with one attached hydrogen (secondary N) is 1. The predicted octanol–water partition coefficient (Wildman–Crippen LogP) is 2.49. The lowest BCUT2D eigenvalue weighted by Crippen LogP contribution is -2.42. The van der Waals surface area contributed by atoms with E-state index < -0.39 is 12.0 Å². The minimum atomic E-state index is -0.862. The number of aryl methyl sites for hydroxylation is 1. The molecule has 3 rings (SSSR count). The highest BCUT2D eigenvalue weighted by Crippen LogP contribution is 2.34. The molecule has 24 heavy (non-hydrogen) atoms. The molecule has 128 valence electrons. The molecule has 1 fully saturated rings. The molecule has 2 aromatic rings. The van der Waals surface area contributed by atoms with Gasteiger partial charge >= 0.3 is 11.9 Å². The number of piperidine rings is 1. The molecule has 1 saturated heterocycles. The number of hydrogen-bond acceptors (Lipinski definition) is 4. The third-order valence-corrected chi connectivity index (χ3v) is 4.88. The SMILES string of the molecule is COC(=O)C1CCN([C@H](C(=O)O)c2c(C)[nH]c3ccccc23)CC1. The maximum absolute atomic E-state index is 12.0. The second kappa shape index (κ2) is 6.65. The standard InChI is InChI=1S/C18H22N2O4/c1-11-15(13-5-3-4-6-14(13)19-11)16(17(21)22)20-9-7-12(8-10-20)18(23)24-2/h3-6,12,16,19H,7-10H2,1-2H3,(H,21,22)/t16-/m0/s1. The number of carbonyl (C=O) groups is 2. The van der Waals surface area contributed by atoms with E-state index in [0.717, 1.165) is 22.2 Å². The zero-order valence-electron chi connectivity index (χ0n) is 13.9. The average molecular weight is 330 g/mol. The Bertz CT molecular complexity index is 759. The van der Waals surface area contributed by atoms with E-state index >= 15 is 0 Å². The summed E-state index contributed by atoms with van der Waals surface area (Å²) >= 11 is 0. The molecule has 1 atom stereocenters. The van der Waals surface area contributed by atoms with Gasteiger partial charge in [-0.2, -0.15) is 0 Å². The monoisotopic (exact) mass is 330 g/mol. The van der Waals surface area contributed by atoms with Gasteiger partial charge in [-0.3, -0.25) is 14.5 Å². The number of methoxy groups -OCH3 is 1. The highest BCUT2D eigenvalue weighted by molar-refractivity contribution is 5.90. The highest BCUT2D eigenvalue weighted by atomic mass is 16.5. The molecule has 1 aromatic carbocycles. The number of esters is 1. The number of benzene rings is 1. The first-order chi connectivity index (χ1) is 11.5. The lowest BCUT2D eigenvalue weighted by molar-refractivity contribution is -0.148. The number of para-hydroxylation sites is 1. The van der Waals surface area contributed by atoms with Crippen LogP contribution in [0.4, 0.5) is 0 Å². The van der Waals surface area contributed by atoms with Gasteiger partial charge in [0.1, 0.15) is 6.04 Å². The number of nitrogens with zero attached hydrogens (tertiary/aromatic N) is 1. The number of likely N-dealkylation sites (tertiary alicyclic amines) is 1. The molecule has 0 spiro atoms. The van der Waals surface area contributed by atoms with Crippen LogP contribution in [0.5, 0.6) is 0 Å². The van der Waals surface area contributed by atoms with Gasteiger partial charge in [0.2, 0.25) is 0 Å². The molecule has 0 radical (unpaired) electrons. The van der Waals surface area contributed by atoms with Gasteiger partial charge in [-0.05, 0) is 25.8 Å². The van der Waals surface area contributed by atoms with Gasteiger partial charge in [0.05, 0.1) is 13.0 Å². The zero-order chi connectivity index (χ0) is 17.3. The summed E-state index contributed by atoms with van der Waals surface area (Å²) < 4.78 is 4.80. The van der Waals surface area contributed by atoms with Crippen LogP contribution < -0.4 is 0 Å². The van der Waals surface area contributed by atoms with E-state index in [-0.39, 0.29) is 11.9 Å². The molecule has 1 aliphatic rings. The number of H-pyrrole nitrogens is 1. The Balaban J connectivity index is 1.90. The average Bonchev–Trinajstić information content (AvgIpc) is 2.91. The smallest absolute Gasteiger partial charge is 0.325 e. The number of carboxylic acids is 1. The third kappa shape index (κ3) is 2.89. The van der Waals surface area contributed by atoms with Crippen LogP contribution in [0.1, 0.15) is 30.1 Å². The fourth-order valence-corrected chi connectivity index (χ4v) is 3.67. The number of rotatable bonds is 4. The topological polar surface area (TPSA) is 82.6 Å². The van der Waals surface area contributed by atoms with E-state index in [1.807, 2.05) is 36.1 Å². The fourth-order valence-electron chi connectivity index (χ4n) is 3.67. The summed E-state index contributed by atoms with van der Waals surface area (Å²) in [5, 5.41) is 10.8. The lowest BCUT2D eigenvalue weighted by atomic mass is 9.93. The van der Waals surface area contributed by atoms with Crippen LogP contribution in [0.3, 0.4) is 0 Å². The van der Waals surface area contributed by atoms with Crippen molar-refractivity contribution in [3.05, 3.63) is 35.5 Å². The zero-order valence-corrected chi connectivity index (χ0v) is 13.9. The summed E-state index contributed by atoms with van der Waals surface area (Å²) in [6.45, 7) is 3.04. The second-order valence-corrected chi connectivity index (χ2v) is 6.28. The first kappa shape index (κ1) is 16.5. The maximum Gasteiger partial charge on any atom is 0.325 e. The van der Waals surface area contributed by atoms with Gasteiger partial charge in [0.25, 0.3) is 0 Å². The van der Waals surface area contributed by atoms with Gasteiger partial charge in [-0.25, -0.2) is 0 Å². The Morgan fingerprint density at radius 2 is 1.96 bits per heavy atom. The summed E-state index contributed by atoms with van der Waals surface area (Å²) in [5.41, 5.74) is 2.63. The molecular weight excluding hydrogens is 308 g/mol. The van der Waals surface area contributed by atoms with E-state index in [0.29, 0.717) is 25.9 Å². The number of fused-ring (bicyclic) bond motifs is 1. The summed E-state index contributed by atoms with van der Waals surface area (Å²) in [4.78, 5) is 28.9. The second-order valence-electron chi connectivity index (χ2n) is 6.28. The van der Waals surface area contributed by atoms with E-state index in [2.05, 4.69) is 4.98 Å². The van der Waals surface area contributed by atoms with Crippen molar-refractivity contribution in [3.63, 3.8) is 0 Å². The molecule has 0 saturated carbocycles. The Morgan fingerprint density at radius 3 is 2.58 bits per heavy atom. The van der Waals surface area contributed by atoms with Crippen molar-refractivity contribution in [2.75, 3.05) is 20.2 Å². The van der Waals surface area contributed by atoms with Crippen molar-refractivity contribution in [2.24, 2.45) is 5.92 Å². The van der Waals surface area contributed by atoms with Crippen LogP contribution in [0.25, 0.3) is 10.9 Å². The fraction of sp³-hybridized carbons (Fsp3) is 0.444. The molecule has 6 heteroatoms. The van der Waals surface area contributed by atoms with Crippen molar-refractivity contribution in [3.8, 4) is 0 Å². The predicted molar refractivity (Wildman–Crippen MR) is 89.7 cm³/mol. The molecule has 1 aromatic heterocycles. The summed E-state index contributed by atoms with van der Waals surface area (Å²) in [6, 6.07) is 7.04. The molecule has 2 heterocycles. The molecule has 0 aliphatic carbocycles. The van der Waals surface area contributed by atoms with Crippen LogP contribution in [0.2, 0.25) is 0 Å². The molecule has 6 nitrogen and oxygen atoms in total. The number of aliphatic carboxylic acids is 1. The van der Waals surface area contributed by atoms with Gasteiger partial charge in [-0.1, -0.05) is 18.2 Å². The van der Waals surface area contributed by atoms with Crippen LogP contribution >= 0.6 is 0 Å². The van der Waals surface area contributed by atoms with Gasteiger partial charge in [-0.15, -0.1) is 0 Å². The van der Waals surface area contributed by atoms with Crippen LogP contribution in [-0.4, -0.2) is 47.1 Å². The molecule has 1 aliphatic heterocycles. The van der Waals surface area contributed by atoms with Crippen LogP contribution in [0, 0.1) is 12.8 Å². The highest BCUT2D eigenvalue weighted by Gasteiger charge is 2.35. The molecule has 0 unspecified atom stereocenters. The number of aromatic amines is 1. The van der Waals surface area contributed by atoms with E-state index in [1.165, 1.54) is 7.11 Å². The van der Waals surface area contributed by atoms with Crippen molar-refractivity contribution in [1.29, 1.82) is 0 Å². The number of aromatic nitrogens is 1. The largest absolute Gasteiger partial charge is 0.480 e. The lowest BCUT2D eigenvalue weighted by Gasteiger charge is -2.35. The molecule has 0 amide bonds. The van der Waals surface area contributed by atoms with Crippen LogP contribution in [0.15, 0.2) is 24.3 Å². The van der Waals surface area contributed by atoms with Crippen molar-refractivity contribution in [1.82, 2.24) is 9.88 Å². The first-order valence-electron chi connectivity index (χ1n) is 8.14. The number of carboxylic acid groups (broad SMARTS) is 1. The van der Waals surface area contributed by atoms with Gasteiger partial charge in [0.15, 0.2) is 0 Å². The molecule has 2 N–H and O–H groups in total. The number of hydrogen-bond donors (Lipinski definition) is 2. The van der Waals surface area contributed by atoms with Gasteiger partial charge in [0, 0.05) is 35.2 Å².